The Kier molecular flexibility index (Phi) is 2.56. The lowest BCUT2D eigenvalue weighted by atomic mass is 9.53. The predicted molar refractivity (Wildman–Crippen MR) is 77.6 cm³/mol. The zero-order valence-electron chi connectivity index (χ0n) is 11.5. The Morgan fingerprint density at radius 1 is 1.05 bits per heavy atom. The summed E-state index contributed by atoms with van der Waals surface area (Å²) in [6.07, 6.45) is 7.76. The third-order valence-corrected chi connectivity index (χ3v) is 5.54. The van der Waals surface area contributed by atoms with Gasteiger partial charge in [0.15, 0.2) is 0 Å². The van der Waals surface area contributed by atoms with Crippen molar-refractivity contribution in [2.24, 2.45) is 17.8 Å². The molecule has 1 aromatic carbocycles. The molecule has 4 aliphatic rings. The summed E-state index contributed by atoms with van der Waals surface area (Å²) in [7, 11) is 0. The fraction of sp³-hybridized carbons (Fsp3) is 0.625. The predicted octanol–water partition coefficient (Wildman–Crippen LogP) is 3.98. The number of rotatable bonds is 3. The van der Waals surface area contributed by atoms with Crippen LogP contribution in [0, 0.1) is 27.9 Å². The Hall–Kier alpha value is -1.58. The van der Waals surface area contributed by atoms with Crippen LogP contribution in [0.3, 0.4) is 0 Å². The summed E-state index contributed by atoms with van der Waals surface area (Å²) in [6.45, 7) is 0. The van der Waals surface area contributed by atoms with Crippen molar-refractivity contribution in [2.45, 2.75) is 44.1 Å². The van der Waals surface area contributed by atoms with Gasteiger partial charge in [-0.3, -0.25) is 10.1 Å². The van der Waals surface area contributed by atoms with E-state index < -0.39 is 0 Å². The van der Waals surface area contributed by atoms with Gasteiger partial charge >= 0.3 is 0 Å². The topological polar surface area (TPSA) is 55.2 Å². The van der Waals surface area contributed by atoms with Gasteiger partial charge in [0.2, 0.25) is 0 Å². The molecule has 0 heterocycles. The van der Waals surface area contributed by atoms with Crippen molar-refractivity contribution in [3.8, 4) is 0 Å². The molecule has 5 rings (SSSR count). The van der Waals surface area contributed by atoms with Gasteiger partial charge in [0.1, 0.15) is 5.69 Å². The van der Waals surface area contributed by atoms with Gasteiger partial charge in [-0.15, -0.1) is 0 Å². The van der Waals surface area contributed by atoms with E-state index in [9.17, 15) is 10.1 Å². The number of hydrogen-bond acceptors (Lipinski definition) is 3. The highest BCUT2D eigenvalue weighted by Crippen LogP contribution is 2.56. The molecule has 4 saturated carbocycles. The molecule has 0 radical (unpaired) electrons. The third-order valence-electron chi connectivity index (χ3n) is 5.54. The van der Waals surface area contributed by atoms with Gasteiger partial charge in [0.05, 0.1) is 4.92 Å². The van der Waals surface area contributed by atoms with E-state index in [0.717, 1.165) is 17.8 Å². The van der Waals surface area contributed by atoms with Crippen molar-refractivity contribution in [3.63, 3.8) is 0 Å². The number of nitro benzene ring substituents is 1. The van der Waals surface area contributed by atoms with Crippen LogP contribution in [0.25, 0.3) is 0 Å². The molecule has 4 aliphatic carbocycles. The van der Waals surface area contributed by atoms with Crippen LogP contribution >= 0.6 is 0 Å². The van der Waals surface area contributed by atoms with Gasteiger partial charge in [0.25, 0.3) is 5.69 Å². The first kappa shape index (κ1) is 12.2. The van der Waals surface area contributed by atoms with Crippen LogP contribution in [0.2, 0.25) is 0 Å². The zero-order valence-corrected chi connectivity index (χ0v) is 11.5. The van der Waals surface area contributed by atoms with Crippen molar-refractivity contribution in [3.05, 3.63) is 34.4 Å². The number of hydrogen-bond donors (Lipinski definition) is 1. The van der Waals surface area contributed by atoms with Crippen LogP contribution in [0.5, 0.6) is 0 Å². The summed E-state index contributed by atoms with van der Waals surface area (Å²) >= 11 is 0. The van der Waals surface area contributed by atoms with Crippen LogP contribution in [0.15, 0.2) is 24.3 Å². The first-order chi connectivity index (χ1) is 9.63. The van der Waals surface area contributed by atoms with Gasteiger partial charge in [-0.1, -0.05) is 12.1 Å². The molecule has 1 aromatic rings. The standard InChI is InChI=1S/C16H20N2O2/c19-18(20)15-4-2-1-3-14(15)17-16-8-11-5-12(9-16)7-13(6-11)10-16/h1-4,11-13,17H,5-10H2. The van der Waals surface area contributed by atoms with Crippen LogP contribution in [0.1, 0.15) is 38.5 Å². The average molecular weight is 272 g/mol. The van der Waals surface area contributed by atoms with Gasteiger partial charge in [-0.25, -0.2) is 0 Å². The summed E-state index contributed by atoms with van der Waals surface area (Å²) in [5.41, 5.74) is 1.05. The number of nitrogens with one attached hydrogen (secondary N) is 1. The van der Waals surface area contributed by atoms with Crippen LogP contribution < -0.4 is 5.32 Å². The van der Waals surface area contributed by atoms with E-state index >= 15 is 0 Å². The van der Waals surface area contributed by atoms with Crippen LogP contribution in [0.4, 0.5) is 11.4 Å². The lowest BCUT2D eigenvalue weighted by Gasteiger charge is -2.57. The van der Waals surface area contributed by atoms with Crippen LogP contribution in [-0.4, -0.2) is 10.5 Å². The monoisotopic (exact) mass is 272 g/mol. The lowest BCUT2D eigenvalue weighted by molar-refractivity contribution is -0.384. The number of anilines is 1. The van der Waals surface area contributed by atoms with E-state index in [1.165, 1.54) is 38.5 Å². The second-order valence-corrected chi connectivity index (χ2v) is 7.10. The summed E-state index contributed by atoms with van der Waals surface area (Å²) in [6, 6.07) is 7.08. The van der Waals surface area contributed by atoms with E-state index in [2.05, 4.69) is 5.32 Å². The smallest absolute Gasteiger partial charge is 0.292 e. The summed E-state index contributed by atoms with van der Waals surface area (Å²) in [5, 5.41) is 14.8. The van der Waals surface area contributed by atoms with Gasteiger partial charge in [0, 0.05) is 11.6 Å². The molecule has 4 fully saturated rings. The number of benzene rings is 1. The number of para-hydroxylation sites is 2. The van der Waals surface area contributed by atoms with Crippen molar-refractivity contribution in [1.29, 1.82) is 0 Å². The Labute approximate surface area is 118 Å². The van der Waals surface area contributed by atoms with E-state index in [-0.39, 0.29) is 16.1 Å². The highest BCUT2D eigenvalue weighted by molar-refractivity contribution is 5.62. The summed E-state index contributed by atoms with van der Waals surface area (Å²) < 4.78 is 0. The Morgan fingerprint density at radius 3 is 2.15 bits per heavy atom. The molecule has 4 bridgehead atoms. The minimum atomic E-state index is -0.275. The largest absolute Gasteiger partial charge is 0.374 e. The second kappa shape index (κ2) is 4.21. The zero-order chi connectivity index (χ0) is 13.7. The maximum atomic E-state index is 11.2. The van der Waals surface area contributed by atoms with E-state index in [0.29, 0.717) is 5.69 Å². The fourth-order valence-corrected chi connectivity index (χ4v) is 5.29. The molecule has 0 spiro atoms. The highest BCUT2D eigenvalue weighted by atomic mass is 16.6. The minimum absolute atomic E-state index is 0.126. The van der Waals surface area contributed by atoms with E-state index in [4.69, 9.17) is 0 Å². The first-order valence-corrected chi connectivity index (χ1v) is 7.65. The van der Waals surface area contributed by atoms with E-state index in [1.54, 1.807) is 12.1 Å². The molecule has 106 valence electrons. The molecule has 1 N–H and O–H groups in total. The normalized spacial score (nSPS) is 37.9. The van der Waals surface area contributed by atoms with Crippen molar-refractivity contribution < 1.29 is 4.92 Å². The lowest BCUT2D eigenvalue weighted by Crippen LogP contribution is -2.54. The molecular weight excluding hydrogens is 252 g/mol. The summed E-state index contributed by atoms with van der Waals surface area (Å²) in [4.78, 5) is 10.9. The maximum Gasteiger partial charge on any atom is 0.292 e. The summed E-state index contributed by atoms with van der Waals surface area (Å²) in [5.74, 6) is 2.53. The molecule has 0 unspecified atom stereocenters. The molecule has 0 amide bonds. The quantitative estimate of drug-likeness (QED) is 0.669. The van der Waals surface area contributed by atoms with Crippen molar-refractivity contribution >= 4 is 11.4 Å². The molecule has 0 aromatic heterocycles. The molecule has 20 heavy (non-hydrogen) atoms. The molecule has 4 nitrogen and oxygen atoms in total. The first-order valence-electron chi connectivity index (χ1n) is 7.65. The van der Waals surface area contributed by atoms with E-state index in [1.807, 2.05) is 12.1 Å². The minimum Gasteiger partial charge on any atom is -0.374 e. The maximum absolute atomic E-state index is 11.2. The van der Waals surface area contributed by atoms with Gasteiger partial charge in [-0.2, -0.15) is 0 Å². The number of nitro groups is 1. The van der Waals surface area contributed by atoms with Crippen molar-refractivity contribution in [1.82, 2.24) is 0 Å². The molecule has 4 heteroatoms. The molecule has 0 saturated heterocycles. The Bertz CT molecular complexity index is 520. The highest BCUT2D eigenvalue weighted by Gasteiger charge is 2.51. The third kappa shape index (κ3) is 1.89. The van der Waals surface area contributed by atoms with Gasteiger partial charge < -0.3 is 5.32 Å². The molecule has 0 atom stereocenters. The molecule has 0 aliphatic heterocycles. The molecular formula is C16H20N2O2. The SMILES string of the molecule is O=[N+]([O-])c1ccccc1NC12CC3CC(CC(C3)C1)C2. The Balaban J connectivity index is 1.64. The number of nitrogens with zero attached hydrogens (tertiary/aromatic N) is 1. The fourth-order valence-electron chi connectivity index (χ4n) is 5.29. The average Bonchev–Trinajstić information content (AvgIpc) is 2.36. The van der Waals surface area contributed by atoms with Crippen molar-refractivity contribution in [2.75, 3.05) is 5.32 Å². The van der Waals surface area contributed by atoms with Crippen LogP contribution in [-0.2, 0) is 0 Å². The Morgan fingerprint density at radius 2 is 1.60 bits per heavy atom. The van der Waals surface area contributed by atoms with Gasteiger partial charge in [-0.05, 0) is 62.3 Å². The second-order valence-electron chi connectivity index (χ2n) is 7.10.